The minimum atomic E-state index is 0.307. The molecule has 0 saturated heterocycles. The monoisotopic (exact) mass is 326 g/mol. The molecule has 0 aromatic heterocycles. The third kappa shape index (κ3) is 5.40. The van der Waals surface area contributed by atoms with E-state index in [1.807, 2.05) is 29.1 Å². The predicted molar refractivity (Wildman–Crippen MR) is 91.6 cm³/mol. The summed E-state index contributed by atoms with van der Waals surface area (Å²) in [7, 11) is 0. The Morgan fingerprint density at radius 3 is 1.38 bits per heavy atom. The van der Waals surface area contributed by atoms with E-state index < -0.39 is 0 Å². The molecule has 5 nitrogen and oxygen atoms in total. The minimum Gasteiger partial charge on any atom is -0.508 e. The summed E-state index contributed by atoms with van der Waals surface area (Å²) in [6.07, 6.45) is 2.95. The Morgan fingerprint density at radius 1 is 0.875 bits per heavy atom. The summed E-state index contributed by atoms with van der Waals surface area (Å²) in [5.74, 6) is 1.46. The fourth-order valence-corrected chi connectivity index (χ4v) is 2.95. The molecule has 0 spiro atoms. The van der Waals surface area contributed by atoms with Crippen molar-refractivity contribution >= 4 is 6.08 Å². The van der Waals surface area contributed by atoms with Gasteiger partial charge in [0.05, 0.1) is 0 Å². The molecule has 2 aromatic rings. The number of carbonyl (C=O) groups excluding carboxylic acids is 1. The number of aromatic hydroxyl groups is 2. The molecule has 2 aromatic carbocycles. The first-order chi connectivity index (χ1) is 11.6. The summed E-state index contributed by atoms with van der Waals surface area (Å²) >= 11 is 0. The van der Waals surface area contributed by atoms with E-state index in [9.17, 15) is 10.2 Å². The number of hydrogen-bond donors (Lipinski definition) is 2. The smallest absolute Gasteiger partial charge is 0.508 e. The average Bonchev–Trinajstić information content (AvgIpc) is 2.62. The van der Waals surface area contributed by atoms with Crippen molar-refractivity contribution in [2.75, 3.05) is 0 Å². The number of hydrogen-bond acceptors (Lipinski definition) is 3. The van der Waals surface area contributed by atoms with Crippen LogP contribution in [-0.4, -0.2) is 21.1 Å². The van der Waals surface area contributed by atoms with Crippen LogP contribution in [-0.2, 0) is 4.79 Å². The van der Waals surface area contributed by atoms with Gasteiger partial charge in [0, 0.05) is 0 Å². The van der Waals surface area contributed by atoms with E-state index in [1.165, 1.54) is 11.1 Å². The Morgan fingerprint density at radius 2 is 1.17 bits per heavy atom. The molecule has 24 heavy (non-hydrogen) atoms. The van der Waals surface area contributed by atoms with Gasteiger partial charge in [-0.05, 0) is 60.1 Å². The highest BCUT2D eigenvalue weighted by atomic mass is 16.3. The lowest BCUT2D eigenvalue weighted by atomic mass is 9.78. The molecule has 0 aliphatic rings. The van der Waals surface area contributed by atoms with Crippen LogP contribution < -0.4 is 0 Å². The van der Waals surface area contributed by atoms with Crippen LogP contribution in [0, 0.1) is 0 Å². The molecule has 0 radical (unpaired) electrons. The van der Waals surface area contributed by atoms with Crippen molar-refractivity contribution in [2.24, 2.45) is 0 Å². The first kappa shape index (κ1) is 19.2. The van der Waals surface area contributed by atoms with Crippen LogP contribution in [0.4, 0.5) is 0 Å². The van der Waals surface area contributed by atoms with Crippen LogP contribution in [0.5, 0.6) is 11.5 Å². The highest BCUT2D eigenvalue weighted by molar-refractivity contribution is 5.34. The van der Waals surface area contributed by atoms with Crippen molar-refractivity contribution in [3.8, 4) is 11.5 Å². The number of benzene rings is 2. The molecular weight excluding hydrogens is 304 g/mol. The highest BCUT2D eigenvalue weighted by Gasteiger charge is 2.21. The normalized spacial score (nSPS) is 12.1. The molecule has 0 aliphatic carbocycles. The highest BCUT2D eigenvalue weighted by Crippen LogP contribution is 2.38. The first-order valence-electron chi connectivity index (χ1n) is 7.86. The average molecular weight is 326 g/mol. The maximum atomic E-state index is 9.43. The molecule has 126 valence electrons. The largest absolute Gasteiger partial charge is 0.557 e. The van der Waals surface area contributed by atoms with Crippen molar-refractivity contribution in [2.45, 2.75) is 38.5 Å². The molecule has 0 bridgehead atoms. The minimum absolute atomic E-state index is 0.307. The molecule has 2 rings (SSSR count). The Balaban J connectivity index is 0.000000648. The van der Waals surface area contributed by atoms with Crippen LogP contribution in [0.15, 0.2) is 48.5 Å². The number of nitrogens with zero attached hydrogens (tertiary/aromatic N) is 2. The Labute approximate surface area is 141 Å². The summed E-state index contributed by atoms with van der Waals surface area (Å²) in [5.41, 5.74) is 9.59. The van der Waals surface area contributed by atoms with Gasteiger partial charge in [-0.1, -0.05) is 42.9 Å². The second kappa shape index (κ2) is 10.0. The third-order valence-corrected chi connectivity index (χ3v) is 4.05. The van der Waals surface area contributed by atoms with Crippen molar-refractivity contribution in [1.29, 1.82) is 0 Å². The van der Waals surface area contributed by atoms with Crippen LogP contribution in [0.25, 0.3) is 5.53 Å². The van der Waals surface area contributed by atoms with Crippen LogP contribution >= 0.6 is 0 Å². The van der Waals surface area contributed by atoms with E-state index in [0.29, 0.717) is 23.3 Å². The van der Waals surface area contributed by atoms with Gasteiger partial charge in [-0.3, -0.25) is 0 Å². The SMILES string of the molecule is CC[C@H](c1ccc(O)cc1)[C@@H](CC)c1ccc(O)cc1.[N-]=[N+]=C=O. The molecule has 0 unspecified atom stereocenters. The zero-order valence-electron chi connectivity index (χ0n) is 13.9. The molecule has 0 saturated carbocycles. The molecule has 0 aliphatic heterocycles. The predicted octanol–water partition coefficient (Wildman–Crippen LogP) is 4.34. The van der Waals surface area contributed by atoms with Crippen LogP contribution in [0.1, 0.15) is 49.7 Å². The van der Waals surface area contributed by atoms with Crippen molar-refractivity contribution in [1.82, 2.24) is 0 Å². The van der Waals surface area contributed by atoms with E-state index in [2.05, 4.69) is 13.8 Å². The van der Waals surface area contributed by atoms with Gasteiger partial charge in [0.1, 0.15) is 11.5 Å². The number of rotatable bonds is 5. The van der Waals surface area contributed by atoms with E-state index >= 15 is 0 Å². The third-order valence-electron chi connectivity index (χ3n) is 4.05. The maximum absolute atomic E-state index is 9.43. The molecule has 2 N–H and O–H groups in total. The Kier molecular flexibility index (Phi) is 8.00. The van der Waals surface area contributed by atoms with Gasteiger partial charge in [-0.15, -0.1) is 4.79 Å². The summed E-state index contributed by atoms with van der Waals surface area (Å²) in [4.78, 5) is 10.6. The van der Waals surface area contributed by atoms with E-state index in [0.717, 1.165) is 18.9 Å². The number of isocyanates is 1. The zero-order valence-corrected chi connectivity index (χ0v) is 13.9. The standard InChI is InChI=1S/C18H22O2.CN2O/c1-3-17(13-5-9-15(19)10-6-13)18(4-2)14-7-11-16(20)12-8-14;2-3-1-4/h5-12,17-20H,3-4H2,1-2H3;/t17-,18+;. The fourth-order valence-electron chi connectivity index (χ4n) is 2.95. The van der Waals surface area contributed by atoms with Crippen molar-refractivity contribution in [3.05, 3.63) is 65.2 Å². The van der Waals surface area contributed by atoms with Crippen LogP contribution in [0.3, 0.4) is 0 Å². The summed E-state index contributed by atoms with van der Waals surface area (Å²) in [5, 5.41) is 18.9. The zero-order chi connectivity index (χ0) is 17.9. The lowest BCUT2D eigenvalue weighted by Crippen LogP contribution is -2.10. The Hall–Kier alpha value is -2.87. The van der Waals surface area contributed by atoms with Crippen LogP contribution in [0.2, 0.25) is 0 Å². The molecule has 2 atom stereocenters. The van der Waals surface area contributed by atoms with Gasteiger partial charge in [0.25, 0.3) is 0 Å². The van der Waals surface area contributed by atoms with Gasteiger partial charge in [0.15, 0.2) is 0 Å². The molecule has 0 amide bonds. The lowest BCUT2D eigenvalue weighted by molar-refractivity contribution is -0.00453. The van der Waals surface area contributed by atoms with Gasteiger partial charge < -0.3 is 15.7 Å². The fraction of sp³-hybridized carbons (Fsp3) is 0.316. The topological polar surface area (TPSA) is 93.9 Å². The maximum Gasteiger partial charge on any atom is 0.557 e. The summed E-state index contributed by atoms with van der Waals surface area (Å²) < 4.78 is 0. The van der Waals surface area contributed by atoms with Crippen molar-refractivity contribution < 1.29 is 19.8 Å². The number of phenols is 2. The lowest BCUT2D eigenvalue weighted by Gasteiger charge is -2.26. The van der Waals surface area contributed by atoms with Gasteiger partial charge >= 0.3 is 6.08 Å². The first-order valence-corrected chi connectivity index (χ1v) is 7.86. The van der Waals surface area contributed by atoms with E-state index in [4.69, 9.17) is 10.3 Å². The second-order valence-electron chi connectivity index (χ2n) is 5.40. The summed E-state index contributed by atoms with van der Waals surface area (Å²) in [6, 6.07) is 15.0. The van der Waals surface area contributed by atoms with Gasteiger partial charge in [-0.25, -0.2) is 0 Å². The van der Waals surface area contributed by atoms with E-state index in [-0.39, 0.29) is 0 Å². The summed E-state index contributed by atoms with van der Waals surface area (Å²) in [6.45, 7) is 4.39. The molecule has 0 fully saturated rings. The van der Waals surface area contributed by atoms with Crippen molar-refractivity contribution in [3.63, 3.8) is 0 Å². The Bertz CT molecular complexity index is 624. The second-order valence-corrected chi connectivity index (χ2v) is 5.40. The number of phenolic OH excluding ortho intramolecular Hbond substituents is 2. The van der Waals surface area contributed by atoms with Gasteiger partial charge in [-0.2, -0.15) is 0 Å². The van der Waals surface area contributed by atoms with Gasteiger partial charge in [0.2, 0.25) is 0 Å². The van der Waals surface area contributed by atoms with E-state index in [1.54, 1.807) is 24.3 Å². The quantitative estimate of drug-likeness (QED) is 0.370. The molecular formula is C19H22N2O3. The molecule has 5 heteroatoms. The molecule has 0 heterocycles.